The number of ether oxygens (including phenoxy) is 1. The number of amides is 4. The number of benzene rings is 3. The summed E-state index contributed by atoms with van der Waals surface area (Å²) in [6.45, 7) is -1.18. The zero-order valence-corrected chi connectivity index (χ0v) is 18.4. The molecule has 0 saturated heterocycles. The Morgan fingerprint density at radius 3 is 2.06 bits per heavy atom. The quantitative estimate of drug-likeness (QED) is 0.386. The Morgan fingerprint density at radius 1 is 0.806 bits per heavy atom. The smallest absolute Gasteiger partial charge is 0.338 e. The predicted molar refractivity (Wildman–Crippen MR) is 122 cm³/mol. The third kappa shape index (κ3) is 5.09. The van der Waals surface area contributed by atoms with Crippen molar-refractivity contribution < 1.29 is 37.5 Å². The third-order valence-corrected chi connectivity index (χ3v) is 5.14. The molecule has 0 unspecified atom stereocenters. The van der Waals surface area contributed by atoms with Crippen LogP contribution >= 0.6 is 0 Å². The summed E-state index contributed by atoms with van der Waals surface area (Å²) in [7, 11) is 0. The van der Waals surface area contributed by atoms with Gasteiger partial charge in [-0.3, -0.25) is 19.2 Å². The SMILES string of the molecule is O=C(COC(=O)c1ccc(N2C(=O)c3ccccc3C2=O)cc1)NCC(=O)Nc1ccc(F)c(F)c1. The summed E-state index contributed by atoms with van der Waals surface area (Å²) in [6.07, 6.45) is 0. The van der Waals surface area contributed by atoms with E-state index < -0.39 is 54.4 Å². The molecule has 0 spiro atoms. The van der Waals surface area contributed by atoms with E-state index in [4.69, 9.17) is 4.74 Å². The number of rotatable bonds is 7. The predicted octanol–water partition coefficient (Wildman–Crippen LogP) is 2.68. The molecule has 9 nitrogen and oxygen atoms in total. The molecule has 1 aliphatic rings. The van der Waals surface area contributed by atoms with Crippen LogP contribution in [0.5, 0.6) is 0 Å². The zero-order valence-electron chi connectivity index (χ0n) is 18.4. The number of nitrogens with zero attached hydrogens (tertiary/aromatic N) is 1. The van der Waals surface area contributed by atoms with E-state index in [-0.39, 0.29) is 28.1 Å². The number of anilines is 2. The van der Waals surface area contributed by atoms with Crippen molar-refractivity contribution >= 4 is 41.0 Å². The minimum atomic E-state index is -1.14. The molecule has 4 rings (SSSR count). The minimum absolute atomic E-state index is 0.00392. The van der Waals surface area contributed by atoms with Gasteiger partial charge in [0.2, 0.25) is 5.91 Å². The second kappa shape index (κ2) is 10.1. The first-order chi connectivity index (χ1) is 17.2. The summed E-state index contributed by atoms with van der Waals surface area (Å²) in [5.74, 6) is -5.48. The second-order valence-corrected chi connectivity index (χ2v) is 7.57. The molecule has 4 amide bonds. The summed E-state index contributed by atoms with van der Waals surface area (Å²) in [5.41, 5.74) is 0.914. The van der Waals surface area contributed by atoms with Gasteiger partial charge in [0.15, 0.2) is 18.2 Å². The van der Waals surface area contributed by atoms with Crippen molar-refractivity contribution in [2.75, 3.05) is 23.4 Å². The van der Waals surface area contributed by atoms with Crippen molar-refractivity contribution in [3.05, 3.63) is 95.1 Å². The van der Waals surface area contributed by atoms with Gasteiger partial charge in [-0.05, 0) is 48.5 Å². The molecule has 0 bridgehead atoms. The average molecular weight is 493 g/mol. The first-order valence-corrected chi connectivity index (χ1v) is 10.5. The normalized spacial score (nSPS) is 12.2. The second-order valence-electron chi connectivity index (χ2n) is 7.57. The molecule has 0 aliphatic carbocycles. The van der Waals surface area contributed by atoms with E-state index >= 15 is 0 Å². The highest BCUT2D eigenvalue weighted by Gasteiger charge is 2.36. The summed E-state index contributed by atoms with van der Waals surface area (Å²) in [5, 5.41) is 4.50. The molecule has 36 heavy (non-hydrogen) atoms. The van der Waals surface area contributed by atoms with E-state index in [0.29, 0.717) is 0 Å². The Morgan fingerprint density at radius 2 is 1.44 bits per heavy atom. The molecule has 0 radical (unpaired) electrons. The molecule has 182 valence electrons. The first kappa shape index (κ1) is 24.2. The molecule has 1 aliphatic heterocycles. The highest BCUT2D eigenvalue weighted by atomic mass is 19.2. The lowest BCUT2D eigenvalue weighted by Crippen LogP contribution is -2.35. The average Bonchev–Trinajstić information content (AvgIpc) is 3.13. The van der Waals surface area contributed by atoms with Gasteiger partial charge in [0, 0.05) is 11.8 Å². The van der Waals surface area contributed by atoms with Crippen molar-refractivity contribution in [2.24, 2.45) is 0 Å². The zero-order chi connectivity index (χ0) is 25.8. The number of halogens is 2. The van der Waals surface area contributed by atoms with Crippen molar-refractivity contribution in [1.29, 1.82) is 0 Å². The Balaban J connectivity index is 1.26. The Kier molecular flexibility index (Phi) is 6.81. The Labute approximate surface area is 202 Å². The van der Waals surface area contributed by atoms with Crippen LogP contribution in [0.2, 0.25) is 0 Å². The highest BCUT2D eigenvalue weighted by molar-refractivity contribution is 6.34. The topological polar surface area (TPSA) is 122 Å². The van der Waals surface area contributed by atoms with E-state index in [1.54, 1.807) is 24.3 Å². The van der Waals surface area contributed by atoms with Gasteiger partial charge in [0.05, 0.1) is 28.9 Å². The van der Waals surface area contributed by atoms with Gasteiger partial charge in [-0.15, -0.1) is 0 Å². The fourth-order valence-corrected chi connectivity index (χ4v) is 3.39. The molecule has 11 heteroatoms. The van der Waals surface area contributed by atoms with Gasteiger partial charge in [-0.2, -0.15) is 0 Å². The lowest BCUT2D eigenvalue weighted by Gasteiger charge is -2.14. The Bertz CT molecular complexity index is 1360. The number of carbonyl (C=O) groups is 5. The number of fused-ring (bicyclic) bond motifs is 1. The number of hydrogen-bond donors (Lipinski definition) is 2. The van der Waals surface area contributed by atoms with E-state index in [9.17, 15) is 32.8 Å². The van der Waals surface area contributed by atoms with Gasteiger partial charge in [0.1, 0.15) is 0 Å². The monoisotopic (exact) mass is 493 g/mol. The van der Waals surface area contributed by atoms with Crippen LogP contribution in [0.15, 0.2) is 66.7 Å². The molecule has 0 fully saturated rings. The lowest BCUT2D eigenvalue weighted by atomic mass is 10.1. The number of imide groups is 1. The molecular formula is C25H17F2N3O6. The maximum atomic E-state index is 13.2. The molecule has 0 atom stereocenters. The van der Waals surface area contributed by atoms with Crippen LogP contribution in [0.25, 0.3) is 0 Å². The van der Waals surface area contributed by atoms with Crippen LogP contribution in [0.1, 0.15) is 31.1 Å². The van der Waals surface area contributed by atoms with Gasteiger partial charge < -0.3 is 15.4 Å². The summed E-state index contributed by atoms with van der Waals surface area (Å²) in [6, 6.07) is 14.7. The number of esters is 1. The summed E-state index contributed by atoms with van der Waals surface area (Å²) < 4.78 is 31.0. The van der Waals surface area contributed by atoms with Crippen LogP contribution in [0.3, 0.4) is 0 Å². The fraction of sp³-hybridized carbons (Fsp3) is 0.0800. The summed E-state index contributed by atoms with van der Waals surface area (Å²) >= 11 is 0. The Hall–Kier alpha value is -4.93. The van der Waals surface area contributed by atoms with Gasteiger partial charge in [-0.25, -0.2) is 18.5 Å². The van der Waals surface area contributed by atoms with Crippen molar-refractivity contribution in [2.45, 2.75) is 0 Å². The number of nitrogens with one attached hydrogen (secondary N) is 2. The minimum Gasteiger partial charge on any atom is -0.452 e. The molecule has 1 heterocycles. The van der Waals surface area contributed by atoms with Crippen LogP contribution in [0, 0.1) is 11.6 Å². The maximum Gasteiger partial charge on any atom is 0.338 e. The van der Waals surface area contributed by atoms with Crippen molar-refractivity contribution in [3.8, 4) is 0 Å². The standard InChI is InChI=1S/C25H17F2N3O6/c26-19-10-7-15(11-20(19)27)29-21(31)12-28-22(32)13-36-25(35)14-5-8-16(9-6-14)30-23(33)17-3-1-2-4-18(17)24(30)34/h1-11H,12-13H2,(H,28,32)(H,29,31). The first-order valence-electron chi connectivity index (χ1n) is 10.5. The van der Waals surface area contributed by atoms with Crippen LogP contribution in [-0.2, 0) is 14.3 Å². The number of carbonyl (C=O) groups excluding carboxylic acids is 5. The largest absolute Gasteiger partial charge is 0.452 e. The van der Waals surface area contributed by atoms with Crippen molar-refractivity contribution in [3.63, 3.8) is 0 Å². The van der Waals surface area contributed by atoms with E-state index in [2.05, 4.69) is 10.6 Å². The van der Waals surface area contributed by atoms with Gasteiger partial charge in [-0.1, -0.05) is 12.1 Å². The molecule has 0 aromatic heterocycles. The van der Waals surface area contributed by atoms with E-state index in [1.807, 2.05) is 0 Å². The van der Waals surface area contributed by atoms with Gasteiger partial charge in [0.25, 0.3) is 17.7 Å². The highest BCUT2D eigenvalue weighted by Crippen LogP contribution is 2.28. The van der Waals surface area contributed by atoms with Crippen LogP contribution < -0.4 is 15.5 Å². The molecular weight excluding hydrogens is 476 g/mol. The van der Waals surface area contributed by atoms with Crippen LogP contribution in [0.4, 0.5) is 20.2 Å². The molecule has 3 aromatic rings. The van der Waals surface area contributed by atoms with E-state index in [1.165, 1.54) is 24.3 Å². The molecule has 2 N–H and O–H groups in total. The molecule has 3 aromatic carbocycles. The van der Waals surface area contributed by atoms with Crippen molar-refractivity contribution in [1.82, 2.24) is 5.32 Å². The van der Waals surface area contributed by atoms with Crippen LogP contribution in [-0.4, -0.2) is 42.7 Å². The lowest BCUT2D eigenvalue weighted by molar-refractivity contribution is -0.126. The van der Waals surface area contributed by atoms with E-state index in [0.717, 1.165) is 23.1 Å². The number of hydrogen-bond acceptors (Lipinski definition) is 6. The maximum absolute atomic E-state index is 13.2. The molecule has 0 saturated carbocycles. The van der Waals surface area contributed by atoms with Gasteiger partial charge >= 0.3 is 5.97 Å². The summed E-state index contributed by atoms with van der Waals surface area (Å²) in [4.78, 5) is 62.1. The third-order valence-electron chi connectivity index (χ3n) is 5.14. The fourth-order valence-electron chi connectivity index (χ4n) is 3.39.